The van der Waals surface area contributed by atoms with Gasteiger partial charge in [0, 0.05) is 49.1 Å². The topological polar surface area (TPSA) is 61.7 Å². The number of hydrogen-bond acceptors (Lipinski definition) is 4. The van der Waals surface area contributed by atoms with E-state index in [9.17, 15) is 0 Å². The number of fused-ring (bicyclic) bond motifs is 11. The Hall–Kier alpha value is -8.87. The molecule has 0 aliphatic heterocycles. The van der Waals surface area contributed by atoms with Gasteiger partial charge in [0.15, 0.2) is 17.5 Å². The van der Waals surface area contributed by atoms with Crippen LogP contribution in [0.25, 0.3) is 133 Å². The molecule has 4 heterocycles. The van der Waals surface area contributed by atoms with Crippen LogP contribution in [-0.2, 0) is 0 Å². The number of rotatable bonds is 5. The normalized spacial score (nSPS) is 12.0. The number of hydrogen-bond donors (Lipinski definition) is 0. The summed E-state index contributed by atoms with van der Waals surface area (Å²) < 4.78 is 11.7. The molecule has 0 unspecified atom stereocenters. The Labute approximate surface area is 371 Å². The third-order valence-electron chi connectivity index (χ3n) is 13.1. The van der Waals surface area contributed by atoms with Crippen LogP contribution in [0.5, 0.6) is 0 Å². The molecule has 65 heavy (non-hydrogen) atoms. The first-order chi connectivity index (χ1) is 32.2. The summed E-state index contributed by atoms with van der Waals surface area (Å²) >= 11 is 0. The van der Waals surface area contributed by atoms with E-state index in [-0.39, 0.29) is 0 Å². The number of nitrogens with zero attached hydrogens (tertiary/aromatic N) is 5. The number of para-hydroxylation sites is 4. The van der Waals surface area contributed by atoms with Crippen LogP contribution in [0.3, 0.4) is 0 Å². The Morgan fingerprint density at radius 1 is 0.354 bits per heavy atom. The summed E-state index contributed by atoms with van der Waals surface area (Å²) in [4.78, 5) is 16.5. The Morgan fingerprint density at radius 3 is 1.82 bits per heavy atom. The zero-order valence-corrected chi connectivity index (χ0v) is 34.9. The summed E-state index contributed by atoms with van der Waals surface area (Å²) in [6, 6.07) is 75.0. The zero-order valence-electron chi connectivity index (χ0n) is 34.9. The molecule has 0 amide bonds. The smallest absolute Gasteiger partial charge is 0.170 e. The van der Waals surface area contributed by atoms with Crippen LogP contribution < -0.4 is 0 Å². The van der Waals surface area contributed by atoms with Crippen molar-refractivity contribution in [1.29, 1.82) is 0 Å². The third kappa shape index (κ3) is 5.38. The molecule has 0 saturated carbocycles. The lowest BCUT2D eigenvalue weighted by Crippen LogP contribution is -2.04. The van der Waals surface area contributed by atoms with Gasteiger partial charge >= 0.3 is 0 Å². The lowest BCUT2D eigenvalue weighted by Gasteiger charge is -2.16. The van der Waals surface area contributed by atoms with Crippen LogP contribution in [0.2, 0.25) is 0 Å². The van der Waals surface area contributed by atoms with Gasteiger partial charge in [-0.3, -0.25) is 0 Å². The molecule has 14 rings (SSSR count). The lowest BCUT2D eigenvalue weighted by molar-refractivity contribution is 0.669. The van der Waals surface area contributed by atoms with E-state index in [2.05, 4.69) is 209 Å². The van der Waals surface area contributed by atoms with Gasteiger partial charge in [0.25, 0.3) is 0 Å². The Kier molecular flexibility index (Phi) is 7.59. The molecule has 0 aliphatic rings. The van der Waals surface area contributed by atoms with Gasteiger partial charge in [0.2, 0.25) is 0 Å². The zero-order chi connectivity index (χ0) is 42.6. The maximum atomic E-state index is 6.98. The van der Waals surface area contributed by atoms with E-state index in [0.29, 0.717) is 17.5 Å². The predicted octanol–water partition coefficient (Wildman–Crippen LogP) is 15.3. The lowest BCUT2D eigenvalue weighted by atomic mass is 10.0. The molecule has 0 atom stereocenters. The molecule has 0 bridgehead atoms. The second-order valence-corrected chi connectivity index (χ2v) is 16.8. The maximum absolute atomic E-state index is 6.98. The van der Waals surface area contributed by atoms with Crippen molar-refractivity contribution < 1.29 is 4.42 Å². The average molecular weight is 830 g/mol. The molecule has 0 N–H and O–H groups in total. The monoisotopic (exact) mass is 829 g/mol. The molecule has 10 aromatic carbocycles. The second-order valence-electron chi connectivity index (χ2n) is 16.8. The molecule has 6 nitrogen and oxygen atoms in total. The quantitative estimate of drug-likeness (QED) is 0.173. The standard InChI is InChI=1S/C59H35N5O/c1-2-19-41(20-3-1)63-49-26-12-9-23-45(49)54-46(24-14-27-50(54)63)58-60-57(40-30-29-36-15-4-5-16-37(36)33-40)61-59(62-58)55-51(32-31-44-43-22-10-13-28-53(43)65-56(44)55)64-48-25-11-8-21-42(48)47-34-38-17-6-7-18-39(38)35-52(47)64/h1-35H. The van der Waals surface area contributed by atoms with E-state index in [0.717, 1.165) is 93.6 Å². The fraction of sp³-hybridized carbons (Fsp3) is 0. The molecular formula is C59H35N5O. The maximum Gasteiger partial charge on any atom is 0.170 e. The molecule has 0 spiro atoms. The molecule has 0 fully saturated rings. The molecule has 0 radical (unpaired) electrons. The van der Waals surface area contributed by atoms with Crippen LogP contribution in [0, 0.1) is 0 Å². The average Bonchev–Trinajstić information content (AvgIpc) is 4.03. The van der Waals surface area contributed by atoms with E-state index >= 15 is 0 Å². The summed E-state index contributed by atoms with van der Waals surface area (Å²) in [7, 11) is 0. The molecule has 302 valence electrons. The van der Waals surface area contributed by atoms with E-state index < -0.39 is 0 Å². The Morgan fingerprint density at radius 2 is 0.985 bits per heavy atom. The van der Waals surface area contributed by atoms with Crippen LogP contribution in [0.1, 0.15) is 0 Å². The van der Waals surface area contributed by atoms with Gasteiger partial charge in [-0.1, -0.05) is 146 Å². The van der Waals surface area contributed by atoms with Crippen molar-refractivity contribution in [3.8, 4) is 45.5 Å². The highest BCUT2D eigenvalue weighted by atomic mass is 16.3. The van der Waals surface area contributed by atoms with E-state index in [1.807, 2.05) is 12.1 Å². The van der Waals surface area contributed by atoms with Gasteiger partial charge in [-0.15, -0.1) is 0 Å². The minimum atomic E-state index is 0.522. The van der Waals surface area contributed by atoms with Crippen molar-refractivity contribution in [2.24, 2.45) is 0 Å². The van der Waals surface area contributed by atoms with Crippen molar-refractivity contribution >= 4 is 87.1 Å². The van der Waals surface area contributed by atoms with Gasteiger partial charge in [-0.25, -0.2) is 15.0 Å². The molecular weight excluding hydrogens is 795 g/mol. The summed E-state index contributed by atoms with van der Waals surface area (Å²) in [6.07, 6.45) is 0. The summed E-state index contributed by atoms with van der Waals surface area (Å²) in [5.41, 5.74) is 10.5. The molecule has 4 aromatic heterocycles. The van der Waals surface area contributed by atoms with Crippen LogP contribution in [0.4, 0.5) is 0 Å². The summed E-state index contributed by atoms with van der Waals surface area (Å²) in [5.74, 6) is 1.67. The van der Waals surface area contributed by atoms with Crippen LogP contribution in [-0.4, -0.2) is 24.1 Å². The first-order valence-electron chi connectivity index (χ1n) is 21.9. The number of benzene rings is 10. The SMILES string of the molecule is c1ccc(-n2c3ccccc3c3c(-c4nc(-c5ccc6ccccc6c5)nc(-c5c(-n6c7ccccc7c7cc8ccccc8cc76)ccc6c5oc5ccccc56)n4)cccc32)cc1. The highest BCUT2D eigenvalue weighted by Gasteiger charge is 2.26. The number of furan rings is 1. The van der Waals surface area contributed by atoms with Crippen molar-refractivity contribution in [2.45, 2.75) is 0 Å². The van der Waals surface area contributed by atoms with Gasteiger partial charge < -0.3 is 13.6 Å². The Bertz CT molecular complexity index is 4250. The highest BCUT2D eigenvalue weighted by Crippen LogP contribution is 2.44. The van der Waals surface area contributed by atoms with Gasteiger partial charge in [0.1, 0.15) is 11.2 Å². The van der Waals surface area contributed by atoms with E-state index in [1.54, 1.807) is 0 Å². The van der Waals surface area contributed by atoms with Gasteiger partial charge in [-0.05, 0) is 88.3 Å². The molecule has 6 heteroatoms. The first kappa shape index (κ1) is 35.7. The van der Waals surface area contributed by atoms with Crippen molar-refractivity contribution in [1.82, 2.24) is 24.1 Å². The van der Waals surface area contributed by atoms with Crippen molar-refractivity contribution in [3.05, 3.63) is 212 Å². The second kappa shape index (κ2) is 13.8. The van der Waals surface area contributed by atoms with E-state index in [4.69, 9.17) is 19.4 Å². The largest absolute Gasteiger partial charge is 0.455 e. The van der Waals surface area contributed by atoms with Crippen molar-refractivity contribution in [3.63, 3.8) is 0 Å². The van der Waals surface area contributed by atoms with Crippen LogP contribution in [0.15, 0.2) is 217 Å². The molecule has 0 aliphatic carbocycles. The molecule has 0 saturated heterocycles. The fourth-order valence-electron chi connectivity index (χ4n) is 10.2. The van der Waals surface area contributed by atoms with Gasteiger partial charge in [0.05, 0.1) is 33.3 Å². The molecule has 14 aromatic rings. The highest BCUT2D eigenvalue weighted by molar-refractivity contribution is 6.17. The summed E-state index contributed by atoms with van der Waals surface area (Å²) in [5, 5.41) is 11.2. The minimum absolute atomic E-state index is 0.522. The fourth-order valence-corrected chi connectivity index (χ4v) is 10.2. The Balaban J connectivity index is 1.12. The predicted molar refractivity (Wildman–Crippen MR) is 267 cm³/mol. The van der Waals surface area contributed by atoms with Gasteiger partial charge in [-0.2, -0.15) is 0 Å². The third-order valence-corrected chi connectivity index (χ3v) is 13.1. The summed E-state index contributed by atoms with van der Waals surface area (Å²) in [6.45, 7) is 0. The minimum Gasteiger partial charge on any atom is -0.455 e. The van der Waals surface area contributed by atoms with Crippen molar-refractivity contribution in [2.75, 3.05) is 0 Å². The number of aromatic nitrogens is 5. The van der Waals surface area contributed by atoms with E-state index in [1.165, 1.54) is 21.5 Å². The first-order valence-corrected chi connectivity index (χ1v) is 21.9. The van der Waals surface area contributed by atoms with Crippen LogP contribution >= 0.6 is 0 Å².